The minimum atomic E-state index is -0.695. The summed E-state index contributed by atoms with van der Waals surface area (Å²) >= 11 is 1.59. The van der Waals surface area contributed by atoms with Crippen LogP contribution in [0, 0.1) is 19.8 Å². The third-order valence-electron chi connectivity index (χ3n) is 9.83. The number of nitrogens with two attached hydrogens (primary N) is 1. The molecule has 2 fully saturated rings. The van der Waals surface area contributed by atoms with E-state index in [0.717, 1.165) is 71.2 Å². The van der Waals surface area contributed by atoms with Crippen LogP contribution in [0.3, 0.4) is 0 Å². The first-order valence-electron chi connectivity index (χ1n) is 16.4. The molecule has 0 unspecified atom stereocenters. The smallest absolute Gasteiger partial charge is 0.357 e. The number of hydrogen-bond acceptors (Lipinski definition) is 8. The number of nitrogens with one attached hydrogen (secondary N) is 2. The van der Waals surface area contributed by atoms with Crippen molar-refractivity contribution >= 4 is 34.8 Å². The second kappa shape index (κ2) is 14.0. The summed E-state index contributed by atoms with van der Waals surface area (Å²) in [5, 5.41) is 8.38. The molecule has 9 nitrogen and oxygen atoms in total. The summed E-state index contributed by atoms with van der Waals surface area (Å²) in [5.74, 6) is -0.688. The lowest BCUT2D eigenvalue weighted by atomic mass is 9.93. The minimum Gasteiger partial charge on any atom is -0.464 e. The van der Waals surface area contributed by atoms with Crippen LogP contribution in [0.5, 0.6) is 0 Å². The van der Waals surface area contributed by atoms with Crippen LogP contribution in [0.25, 0.3) is 21.6 Å². The van der Waals surface area contributed by atoms with E-state index in [1.54, 1.807) is 30.6 Å². The zero-order valence-corrected chi connectivity index (χ0v) is 28.7. The molecule has 0 saturated heterocycles. The Hall–Kier alpha value is -4.38. The molecule has 10 heteroatoms. The van der Waals surface area contributed by atoms with Crippen molar-refractivity contribution in [3.63, 3.8) is 0 Å². The van der Waals surface area contributed by atoms with Gasteiger partial charge in [-0.3, -0.25) is 9.59 Å². The molecule has 0 aliphatic heterocycles. The minimum absolute atomic E-state index is 0.0308. The summed E-state index contributed by atoms with van der Waals surface area (Å²) in [4.78, 5) is 46.6. The Bertz CT molecular complexity index is 1850. The van der Waals surface area contributed by atoms with E-state index in [2.05, 4.69) is 21.7 Å². The number of benzene rings is 2. The van der Waals surface area contributed by atoms with Crippen molar-refractivity contribution in [1.29, 1.82) is 0 Å². The number of esters is 1. The van der Waals surface area contributed by atoms with Gasteiger partial charge in [0, 0.05) is 40.9 Å². The third kappa shape index (κ3) is 6.65. The van der Waals surface area contributed by atoms with E-state index in [4.69, 9.17) is 15.2 Å². The van der Waals surface area contributed by atoms with E-state index in [0.29, 0.717) is 41.4 Å². The van der Waals surface area contributed by atoms with E-state index in [-0.39, 0.29) is 28.7 Å². The molecule has 2 aromatic heterocycles. The van der Waals surface area contributed by atoms with Crippen LogP contribution in [0.2, 0.25) is 0 Å². The van der Waals surface area contributed by atoms with Crippen LogP contribution >= 0.6 is 11.3 Å². The van der Waals surface area contributed by atoms with Crippen molar-refractivity contribution < 1.29 is 23.9 Å². The standard InChI is InChI=1S/C38H42N4O5S/c1-22-17-25(21-39)18-23(2)32(22)41-35(43)30-19-27(34-26(11-15-46-3)12-16-48-34)5-6-28(30)29-7-8-31(40-33(29)37(45)47-4)36(44)42-38-13-9-24(20-38)10-14-38/h5-8,12,16-19,24H,9-11,13-15,20-21,39H2,1-4H3,(H,41,43)(H,42,44). The largest absolute Gasteiger partial charge is 0.464 e. The van der Waals surface area contributed by atoms with Crippen molar-refractivity contribution in [2.45, 2.75) is 64.5 Å². The van der Waals surface area contributed by atoms with Crippen molar-refractivity contribution in [1.82, 2.24) is 10.3 Å². The maximum absolute atomic E-state index is 14.3. The maximum atomic E-state index is 14.3. The number of amides is 2. The van der Waals surface area contributed by atoms with E-state index < -0.39 is 5.97 Å². The number of aromatic nitrogens is 1. The van der Waals surface area contributed by atoms with Gasteiger partial charge < -0.3 is 25.8 Å². The van der Waals surface area contributed by atoms with E-state index in [1.807, 2.05) is 49.6 Å². The van der Waals surface area contributed by atoms with Crippen molar-refractivity contribution in [3.05, 3.63) is 93.1 Å². The van der Waals surface area contributed by atoms with Crippen LogP contribution in [-0.4, -0.2) is 49.1 Å². The second-order valence-electron chi connectivity index (χ2n) is 13.0. The zero-order valence-electron chi connectivity index (χ0n) is 27.9. The van der Waals surface area contributed by atoms with Gasteiger partial charge in [-0.15, -0.1) is 11.3 Å². The van der Waals surface area contributed by atoms with Gasteiger partial charge in [-0.1, -0.05) is 24.3 Å². The van der Waals surface area contributed by atoms with Gasteiger partial charge >= 0.3 is 5.97 Å². The molecular formula is C38H42N4O5S. The molecule has 2 bridgehead atoms. The van der Waals surface area contributed by atoms with Crippen molar-refractivity contribution in [2.75, 3.05) is 26.1 Å². The Labute approximate surface area is 285 Å². The van der Waals surface area contributed by atoms with Crippen LogP contribution in [-0.2, 0) is 22.4 Å². The SMILES string of the molecule is COCCc1ccsc1-c1ccc(-c2ccc(C(=O)NC34CCC(CC3)C4)nc2C(=O)OC)c(C(=O)Nc2c(C)cc(CN)cc2C)c1. The lowest BCUT2D eigenvalue weighted by Crippen LogP contribution is -2.45. The van der Waals surface area contributed by atoms with Crippen LogP contribution in [0.1, 0.15) is 85.7 Å². The fourth-order valence-corrected chi connectivity index (χ4v) is 8.34. The summed E-state index contributed by atoms with van der Waals surface area (Å²) in [5.41, 5.74) is 12.5. The molecular weight excluding hydrogens is 625 g/mol. The molecule has 4 N–H and O–H groups in total. The van der Waals surface area contributed by atoms with Crippen LogP contribution < -0.4 is 16.4 Å². The number of aryl methyl sites for hydroxylation is 2. The Morgan fingerprint density at radius 2 is 1.71 bits per heavy atom. The van der Waals surface area contributed by atoms with Gasteiger partial charge in [-0.25, -0.2) is 9.78 Å². The molecule has 2 aliphatic rings. The van der Waals surface area contributed by atoms with Gasteiger partial charge in [0.2, 0.25) is 0 Å². The number of pyridine rings is 1. The topological polar surface area (TPSA) is 133 Å². The molecule has 250 valence electrons. The van der Waals surface area contributed by atoms with E-state index >= 15 is 0 Å². The van der Waals surface area contributed by atoms with Gasteiger partial charge in [0.25, 0.3) is 11.8 Å². The zero-order chi connectivity index (χ0) is 34.0. The highest BCUT2D eigenvalue weighted by Crippen LogP contribution is 2.47. The number of carbonyl (C=O) groups excluding carboxylic acids is 3. The van der Waals surface area contributed by atoms with Crippen molar-refractivity contribution in [2.24, 2.45) is 11.7 Å². The summed E-state index contributed by atoms with van der Waals surface area (Å²) in [7, 11) is 2.95. The molecule has 4 aromatic rings. The second-order valence-corrected chi connectivity index (χ2v) is 13.9. The van der Waals surface area contributed by atoms with Gasteiger partial charge in [-0.2, -0.15) is 0 Å². The number of hydrogen-bond donors (Lipinski definition) is 3. The Balaban J connectivity index is 1.43. The number of ether oxygens (including phenoxy) is 2. The average Bonchev–Trinajstić information content (AvgIpc) is 3.84. The van der Waals surface area contributed by atoms with Gasteiger partial charge in [0.15, 0.2) is 5.69 Å². The Morgan fingerprint density at radius 1 is 0.979 bits per heavy atom. The first kappa shape index (κ1) is 33.5. The summed E-state index contributed by atoms with van der Waals surface area (Å²) in [6, 6.07) is 14.9. The van der Waals surface area contributed by atoms with Crippen LogP contribution in [0.4, 0.5) is 5.69 Å². The number of thiophene rings is 1. The maximum Gasteiger partial charge on any atom is 0.357 e. The molecule has 0 radical (unpaired) electrons. The lowest BCUT2D eigenvalue weighted by Gasteiger charge is -2.27. The van der Waals surface area contributed by atoms with Crippen molar-refractivity contribution in [3.8, 4) is 21.6 Å². The fraction of sp³-hybridized carbons (Fsp3) is 0.368. The highest BCUT2D eigenvalue weighted by molar-refractivity contribution is 7.13. The molecule has 6 rings (SSSR count). The first-order chi connectivity index (χ1) is 23.1. The van der Waals surface area contributed by atoms with Gasteiger partial charge in [0.05, 0.1) is 13.7 Å². The Kier molecular flexibility index (Phi) is 9.78. The monoisotopic (exact) mass is 666 g/mol. The molecule has 2 saturated carbocycles. The highest BCUT2D eigenvalue weighted by atomic mass is 32.1. The normalized spacial score (nSPS) is 18.1. The van der Waals surface area contributed by atoms with Gasteiger partial charge in [0.1, 0.15) is 5.69 Å². The molecule has 0 spiro atoms. The Morgan fingerprint density at radius 3 is 2.35 bits per heavy atom. The highest BCUT2D eigenvalue weighted by Gasteiger charge is 2.46. The van der Waals surface area contributed by atoms with Crippen LogP contribution in [0.15, 0.2) is 53.9 Å². The van der Waals surface area contributed by atoms with Gasteiger partial charge in [-0.05, 0) is 121 Å². The summed E-state index contributed by atoms with van der Waals surface area (Å²) in [6.07, 6.45) is 5.87. The average molecular weight is 667 g/mol. The molecule has 2 heterocycles. The number of rotatable bonds is 11. The molecule has 0 atom stereocenters. The quantitative estimate of drug-likeness (QED) is 0.149. The lowest BCUT2D eigenvalue weighted by molar-refractivity contribution is 0.0594. The van der Waals surface area contributed by atoms with E-state index in [1.165, 1.54) is 7.11 Å². The number of nitrogens with zero attached hydrogens (tertiary/aromatic N) is 1. The number of methoxy groups -OCH3 is 2. The summed E-state index contributed by atoms with van der Waals surface area (Å²) in [6.45, 7) is 4.84. The molecule has 2 aliphatic carbocycles. The predicted octanol–water partition coefficient (Wildman–Crippen LogP) is 6.84. The molecule has 48 heavy (non-hydrogen) atoms. The number of carbonyl (C=O) groups is 3. The molecule has 2 aromatic carbocycles. The number of fused-ring (bicyclic) bond motifs is 2. The van der Waals surface area contributed by atoms with E-state index in [9.17, 15) is 14.4 Å². The third-order valence-corrected chi connectivity index (χ3v) is 10.8. The fourth-order valence-electron chi connectivity index (χ4n) is 7.38. The first-order valence-corrected chi connectivity index (χ1v) is 17.3. The molecule has 2 amide bonds. The number of anilines is 1. The predicted molar refractivity (Wildman–Crippen MR) is 188 cm³/mol. The summed E-state index contributed by atoms with van der Waals surface area (Å²) < 4.78 is 10.5.